The van der Waals surface area contributed by atoms with Crippen molar-refractivity contribution in [3.8, 4) is 0 Å². The first-order chi connectivity index (χ1) is 11.6. The summed E-state index contributed by atoms with van der Waals surface area (Å²) in [6, 6.07) is 9.33. The molecule has 0 radical (unpaired) electrons. The Kier molecular flexibility index (Phi) is 7.21. The van der Waals surface area contributed by atoms with Gasteiger partial charge in [-0.15, -0.1) is 0 Å². The fourth-order valence-corrected chi connectivity index (χ4v) is 2.70. The summed E-state index contributed by atoms with van der Waals surface area (Å²) < 4.78 is 11.2. The fourth-order valence-electron chi connectivity index (χ4n) is 2.70. The van der Waals surface area contributed by atoms with Crippen LogP contribution in [0.3, 0.4) is 0 Å². The average Bonchev–Trinajstić information content (AvgIpc) is 2.60. The molecule has 2 unspecified atom stereocenters. The van der Waals surface area contributed by atoms with Gasteiger partial charge in [-0.25, -0.2) is 0 Å². The number of amides is 1. The van der Waals surface area contributed by atoms with Crippen LogP contribution in [0, 0.1) is 0 Å². The molecule has 1 aromatic rings. The summed E-state index contributed by atoms with van der Waals surface area (Å²) in [4.78, 5) is 24.9. The number of aliphatic carboxylic acids is 1. The van der Waals surface area contributed by atoms with E-state index in [9.17, 15) is 9.59 Å². The lowest BCUT2D eigenvalue weighted by molar-refractivity contribution is -0.152. The highest BCUT2D eigenvalue weighted by Crippen LogP contribution is 2.14. The number of benzene rings is 1. The lowest BCUT2D eigenvalue weighted by Crippen LogP contribution is -2.42. The molecule has 1 N–H and O–H groups in total. The molecule has 2 atom stereocenters. The van der Waals surface area contributed by atoms with Crippen molar-refractivity contribution in [3.63, 3.8) is 0 Å². The Morgan fingerprint density at radius 3 is 2.71 bits per heavy atom. The van der Waals surface area contributed by atoms with E-state index in [1.54, 1.807) is 6.92 Å². The number of hydrogen-bond donors (Lipinski definition) is 1. The summed E-state index contributed by atoms with van der Waals surface area (Å²) in [5.74, 6) is -1.36. The van der Waals surface area contributed by atoms with E-state index < -0.39 is 12.1 Å². The summed E-state index contributed by atoms with van der Waals surface area (Å²) in [5.41, 5.74) is 0.884. The molecular weight excluding hydrogens is 310 g/mol. The van der Waals surface area contributed by atoms with Crippen molar-refractivity contribution >= 4 is 11.9 Å². The molecular formula is C18H25NO5. The molecule has 1 amide bonds. The smallest absolute Gasteiger partial charge is 0.323 e. The van der Waals surface area contributed by atoms with Gasteiger partial charge in [-0.2, -0.15) is 0 Å². The number of carbonyl (C=O) groups excluding carboxylic acids is 1. The largest absolute Gasteiger partial charge is 0.480 e. The van der Waals surface area contributed by atoms with Crippen molar-refractivity contribution in [1.82, 2.24) is 4.90 Å². The van der Waals surface area contributed by atoms with E-state index in [1.807, 2.05) is 30.3 Å². The third kappa shape index (κ3) is 5.94. The maximum Gasteiger partial charge on any atom is 0.323 e. The maximum atomic E-state index is 12.6. The number of ether oxygens (including phenoxy) is 2. The topological polar surface area (TPSA) is 76.1 Å². The van der Waals surface area contributed by atoms with Crippen LogP contribution in [0.2, 0.25) is 0 Å². The summed E-state index contributed by atoms with van der Waals surface area (Å²) in [6.45, 7) is 2.65. The Labute approximate surface area is 142 Å². The second-order valence-corrected chi connectivity index (χ2v) is 6.04. The Morgan fingerprint density at radius 2 is 2.08 bits per heavy atom. The lowest BCUT2D eigenvalue weighted by atomic mass is 10.1. The summed E-state index contributed by atoms with van der Waals surface area (Å²) in [6.07, 6.45) is 2.43. The van der Waals surface area contributed by atoms with Gasteiger partial charge in [0, 0.05) is 13.2 Å². The van der Waals surface area contributed by atoms with Crippen LogP contribution in [0.15, 0.2) is 30.3 Å². The zero-order chi connectivity index (χ0) is 17.4. The lowest BCUT2D eigenvalue weighted by Gasteiger charge is -2.27. The van der Waals surface area contributed by atoms with Gasteiger partial charge in [0.05, 0.1) is 12.7 Å². The van der Waals surface area contributed by atoms with E-state index in [0.29, 0.717) is 6.61 Å². The van der Waals surface area contributed by atoms with Gasteiger partial charge in [-0.1, -0.05) is 30.3 Å². The van der Waals surface area contributed by atoms with Gasteiger partial charge in [-0.3, -0.25) is 9.59 Å². The van der Waals surface area contributed by atoms with Crippen LogP contribution in [0.25, 0.3) is 0 Å². The highest BCUT2D eigenvalue weighted by Gasteiger charge is 2.25. The fraction of sp³-hybridized carbons (Fsp3) is 0.556. The molecule has 1 aliphatic rings. The third-order valence-electron chi connectivity index (χ3n) is 4.01. The normalized spacial score (nSPS) is 18.8. The first kappa shape index (κ1) is 18.4. The predicted octanol–water partition coefficient (Wildman–Crippen LogP) is 2.07. The Morgan fingerprint density at radius 1 is 1.33 bits per heavy atom. The van der Waals surface area contributed by atoms with Gasteiger partial charge in [0.2, 0.25) is 0 Å². The maximum absolute atomic E-state index is 12.6. The Balaban J connectivity index is 1.91. The minimum absolute atomic E-state index is 0.0241. The standard InChI is InChI=1S/C18H25NO5/c1-14(24-13-16-9-5-6-10-23-16)18(22)19(12-17(20)21)11-15-7-3-2-4-8-15/h2-4,7-8,14,16H,5-6,9-13H2,1H3,(H,20,21). The van der Waals surface area contributed by atoms with Gasteiger partial charge in [0.1, 0.15) is 12.6 Å². The average molecular weight is 335 g/mol. The SMILES string of the molecule is CC(OCC1CCCCO1)C(=O)N(CC(=O)O)Cc1ccccc1. The van der Waals surface area contributed by atoms with Crippen LogP contribution in [0.1, 0.15) is 31.7 Å². The summed E-state index contributed by atoms with van der Waals surface area (Å²) in [7, 11) is 0. The molecule has 6 heteroatoms. The molecule has 1 heterocycles. The minimum atomic E-state index is -1.04. The van der Waals surface area contributed by atoms with Crippen LogP contribution in [0.4, 0.5) is 0 Å². The molecule has 2 rings (SSSR count). The number of carbonyl (C=O) groups is 2. The molecule has 1 saturated heterocycles. The van der Waals surface area contributed by atoms with Crippen molar-refractivity contribution in [2.75, 3.05) is 19.8 Å². The second kappa shape index (κ2) is 9.39. The molecule has 6 nitrogen and oxygen atoms in total. The van der Waals surface area contributed by atoms with Crippen molar-refractivity contribution in [2.24, 2.45) is 0 Å². The number of carboxylic acids is 1. The van der Waals surface area contributed by atoms with Crippen LogP contribution in [0.5, 0.6) is 0 Å². The summed E-state index contributed by atoms with van der Waals surface area (Å²) in [5, 5.41) is 9.07. The number of nitrogens with zero attached hydrogens (tertiary/aromatic N) is 1. The predicted molar refractivity (Wildman–Crippen MR) is 88.5 cm³/mol. The molecule has 1 aliphatic heterocycles. The zero-order valence-electron chi connectivity index (χ0n) is 14.0. The van der Waals surface area contributed by atoms with E-state index in [-0.39, 0.29) is 25.1 Å². The second-order valence-electron chi connectivity index (χ2n) is 6.04. The number of rotatable bonds is 8. The first-order valence-corrected chi connectivity index (χ1v) is 8.34. The Hall–Kier alpha value is -1.92. The van der Waals surface area contributed by atoms with Crippen molar-refractivity contribution < 1.29 is 24.2 Å². The van der Waals surface area contributed by atoms with Crippen LogP contribution >= 0.6 is 0 Å². The van der Waals surface area contributed by atoms with Gasteiger partial charge < -0.3 is 19.5 Å². The molecule has 0 aromatic heterocycles. The molecule has 0 saturated carbocycles. The van der Waals surface area contributed by atoms with E-state index in [4.69, 9.17) is 14.6 Å². The molecule has 0 spiro atoms. The molecule has 0 aliphatic carbocycles. The van der Waals surface area contributed by atoms with Crippen LogP contribution in [-0.4, -0.2) is 53.8 Å². The van der Waals surface area contributed by atoms with Gasteiger partial charge in [0.15, 0.2) is 0 Å². The number of hydrogen-bond acceptors (Lipinski definition) is 4. The summed E-state index contributed by atoms with van der Waals surface area (Å²) >= 11 is 0. The van der Waals surface area contributed by atoms with Crippen LogP contribution < -0.4 is 0 Å². The monoisotopic (exact) mass is 335 g/mol. The number of carboxylic acid groups (broad SMARTS) is 1. The van der Waals surface area contributed by atoms with Gasteiger partial charge in [0.25, 0.3) is 5.91 Å². The van der Waals surface area contributed by atoms with Crippen LogP contribution in [-0.2, 0) is 25.6 Å². The van der Waals surface area contributed by atoms with E-state index >= 15 is 0 Å². The van der Waals surface area contributed by atoms with E-state index in [1.165, 1.54) is 4.90 Å². The van der Waals surface area contributed by atoms with Crippen molar-refractivity contribution in [3.05, 3.63) is 35.9 Å². The highest BCUT2D eigenvalue weighted by atomic mass is 16.5. The van der Waals surface area contributed by atoms with E-state index in [0.717, 1.165) is 31.4 Å². The zero-order valence-corrected chi connectivity index (χ0v) is 14.0. The third-order valence-corrected chi connectivity index (χ3v) is 4.01. The molecule has 1 fully saturated rings. The molecule has 132 valence electrons. The molecule has 1 aromatic carbocycles. The highest BCUT2D eigenvalue weighted by molar-refractivity contribution is 5.84. The van der Waals surface area contributed by atoms with Crippen molar-refractivity contribution in [1.29, 1.82) is 0 Å². The Bertz CT molecular complexity index is 527. The quantitative estimate of drug-likeness (QED) is 0.787. The van der Waals surface area contributed by atoms with Gasteiger partial charge in [-0.05, 0) is 31.7 Å². The first-order valence-electron chi connectivity index (χ1n) is 8.34. The van der Waals surface area contributed by atoms with E-state index in [2.05, 4.69) is 0 Å². The van der Waals surface area contributed by atoms with Crippen molar-refractivity contribution in [2.45, 2.75) is 44.9 Å². The molecule has 0 bridgehead atoms. The van der Waals surface area contributed by atoms with Gasteiger partial charge >= 0.3 is 5.97 Å². The minimum Gasteiger partial charge on any atom is -0.480 e. The molecule has 24 heavy (non-hydrogen) atoms.